The van der Waals surface area contributed by atoms with Crippen LogP contribution in [0, 0.1) is 34.8 Å². The van der Waals surface area contributed by atoms with Crippen LogP contribution in [0.15, 0.2) is 12.1 Å². The first-order chi connectivity index (χ1) is 14.5. The second kappa shape index (κ2) is 6.68. The van der Waals surface area contributed by atoms with Crippen molar-refractivity contribution < 1.29 is 26.7 Å². The number of hydrogen-bond donors (Lipinski definition) is 0. The number of hydrogen-bond acceptors (Lipinski definition) is 1. The first-order valence-electron chi connectivity index (χ1n) is 11.6. The lowest BCUT2D eigenvalue weighted by Crippen LogP contribution is -2.72. The Balaban J connectivity index is 1.40. The molecule has 31 heavy (non-hydrogen) atoms. The fraction of sp³-hybridized carbons (Fsp3) is 0.760. The molecule has 6 aliphatic carbocycles. The van der Waals surface area contributed by atoms with Crippen molar-refractivity contribution in [3.05, 3.63) is 34.9 Å². The Labute approximate surface area is 180 Å². The molecule has 1 aromatic carbocycles. The highest BCUT2D eigenvalue weighted by atomic mass is 19.3. The second-order valence-electron chi connectivity index (χ2n) is 11.2. The monoisotopic (exact) mass is 442 g/mol. The van der Waals surface area contributed by atoms with E-state index in [1.54, 1.807) is 0 Å². The van der Waals surface area contributed by atoms with Gasteiger partial charge in [0, 0.05) is 11.0 Å². The van der Waals surface area contributed by atoms with Crippen molar-refractivity contribution in [2.75, 3.05) is 0 Å². The van der Waals surface area contributed by atoms with Crippen molar-refractivity contribution in [1.82, 2.24) is 0 Å². The summed E-state index contributed by atoms with van der Waals surface area (Å²) in [5, 5.41) is 0. The summed E-state index contributed by atoms with van der Waals surface area (Å²) in [5.41, 5.74) is -3.08. The SMILES string of the molecule is Cc1ccc(COC23CCC(C45CCC(C)(CC4)CC5)(CC2)C(F)(F)C3F)c(F)c1F. The van der Waals surface area contributed by atoms with Crippen LogP contribution in [0.25, 0.3) is 0 Å². The number of aryl methyl sites for hydroxylation is 1. The smallest absolute Gasteiger partial charge is 0.287 e. The van der Waals surface area contributed by atoms with Crippen molar-refractivity contribution >= 4 is 0 Å². The molecule has 172 valence electrons. The fourth-order valence-corrected chi connectivity index (χ4v) is 7.47. The summed E-state index contributed by atoms with van der Waals surface area (Å²) in [6.07, 6.45) is 3.58. The van der Waals surface area contributed by atoms with Crippen molar-refractivity contribution in [2.45, 2.75) is 102 Å². The minimum atomic E-state index is -3.48. The van der Waals surface area contributed by atoms with Crippen LogP contribution in [-0.4, -0.2) is 17.7 Å². The zero-order valence-corrected chi connectivity index (χ0v) is 18.3. The minimum absolute atomic E-state index is 0.0622. The molecule has 0 aromatic heterocycles. The van der Waals surface area contributed by atoms with Crippen LogP contribution in [0.5, 0.6) is 0 Å². The fourth-order valence-electron chi connectivity index (χ4n) is 7.47. The standard InChI is InChI=1S/C25H31F5O/c1-16-3-4-17(19(27)18(16)26)15-31-23-11-13-24(14-12-23,25(29,30)20(23)28)22-8-5-21(2,6-9-22)7-10-22/h3-4,20H,5-15H2,1-2H3. The summed E-state index contributed by atoms with van der Waals surface area (Å²) in [6.45, 7) is 3.29. The maximum Gasteiger partial charge on any atom is 0.287 e. The van der Waals surface area contributed by atoms with E-state index in [2.05, 4.69) is 6.92 Å². The predicted octanol–water partition coefficient (Wildman–Crippen LogP) is 7.44. The molecule has 6 fully saturated rings. The van der Waals surface area contributed by atoms with Crippen LogP contribution in [0.3, 0.4) is 0 Å². The number of benzene rings is 1. The van der Waals surface area contributed by atoms with Crippen LogP contribution >= 0.6 is 0 Å². The Hall–Kier alpha value is -1.17. The van der Waals surface area contributed by atoms with E-state index in [1.165, 1.54) is 19.1 Å². The van der Waals surface area contributed by atoms with Crippen LogP contribution in [0.2, 0.25) is 0 Å². The van der Waals surface area contributed by atoms with Gasteiger partial charge in [0.15, 0.2) is 17.8 Å². The number of fused-ring (bicyclic) bond motifs is 6. The number of halogens is 5. The average molecular weight is 443 g/mol. The number of alkyl halides is 3. The molecule has 0 spiro atoms. The van der Waals surface area contributed by atoms with Crippen LogP contribution in [-0.2, 0) is 11.3 Å². The van der Waals surface area contributed by atoms with Gasteiger partial charge in [0.1, 0.15) is 5.60 Å². The van der Waals surface area contributed by atoms with Gasteiger partial charge in [0.05, 0.1) is 6.61 Å². The Bertz CT molecular complexity index is 862. The van der Waals surface area contributed by atoms with Gasteiger partial charge >= 0.3 is 0 Å². The highest BCUT2D eigenvalue weighted by molar-refractivity contribution is 5.26. The molecule has 6 saturated carbocycles. The van der Waals surface area contributed by atoms with E-state index in [0.717, 1.165) is 38.5 Å². The molecule has 7 rings (SSSR count). The molecule has 0 saturated heterocycles. The summed E-state index contributed by atoms with van der Waals surface area (Å²) in [4.78, 5) is 0. The summed E-state index contributed by atoms with van der Waals surface area (Å²) < 4.78 is 81.2. The van der Waals surface area contributed by atoms with Crippen LogP contribution in [0.1, 0.15) is 82.3 Å². The third kappa shape index (κ3) is 2.75. The molecular formula is C25H31F5O. The quantitative estimate of drug-likeness (QED) is 0.441. The molecule has 1 nitrogen and oxygen atoms in total. The molecule has 0 amide bonds. The summed E-state index contributed by atoms with van der Waals surface area (Å²) in [6, 6.07) is 2.80. The Kier molecular flexibility index (Phi) is 4.67. The normalized spacial score (nSPS) is 43.4. The predicted molar refractivity (Wildman–Crippen MR) is 108 cm³/mol. The third-order valence-electron chi connectivity index (χ3n) is 9.88. The van der Waals surface area contributed by atoms with Gasteiger partial charge in [-0.2, -0.15) is 0 Å². The van der Waals surface area contributed by atoms with E-state index in [0.29, 0.717) is 0 Å². The van der Waals surface area contributed by atoms with Gasteiger partial charge < -0.3 is 4.74 Å². The summed E-state index contributed by atoms with van der Waals surface area (Å²) in [5.74, 6) is -5.51. The Morgan fingerprint density at radius 3 is 2.03 bits per heavy atom. The van der Waals surface area contributed by atoms with Gasteiger partial charge in [-0.1, -0.05) is 19.1 Å². The van der Waals surface area contributed by atoms with Gasteiger partial charge in [-0.3, -0.25) is 0 Å². The molecule has 4 bridgehead atoms. The number of rotatable bonds is 4. The molecule has 1 unspecified atom stereocenters. The highest BCUT2D eigenvalue weighted by Crippen LogP contribution is 2.75. The summed E-state index contributed by atoms with van der Waals surface area (Å²) in [7, 11) is 0. The lowest BCUT2D eigenvalue weighted by molar-refractivity contribution is -0.342. The molecule has 6 aliphatic rings. The first kappa shape index (κ1) is 21.7. The molecule has 0 radical (unpaired) electrons. The lowest BCUT2D eigenvalue weighted by Gasteiger charge is -2.68. The average Bonchev–Trinajstić information content (AvgIpc) is 2.76. The van der Waals surface area contributed by atoms with Gasteiger partial charge in [-0.25, -0.2) is 22.0 Å². The van der Waals surface area contributed by atoms with Crippen molar-refractivity contribution in [2.24, 2.45) is 16.2 Å². The van der Waals surface area contributed by atoms with E-state index in [9.17, 15) is 8.78 Å². The minimum Gasteiger partial charge on any atom is -0.367 e. The highest BCUT2D eigenvalue weighted by Gasteiger charge is 2.78. The van der Waals surface area contributed by atoms with Crippen molar-refractivity contribution in [3.8, 4) is 0 Å². The molecular weight excluding hydrogens is 411 g/mol. The molecule has 0 heterocycles. The van der Waals surface area contributed by atoms with E-state index in [4.69, 9.17) is 4.74 Å². The molecule has 0 aliphatic heterocycles. The van der Waals surface area contributed by atoms with E-state index >= 15 is 13.2 Å². The summed E-state index contributed by atoms with van der Waals surface area (Å²) >= 11 is 0. The Morgan fingerprint density at radius 2 is 1.45 bits per heavy atom. The van der Waals surface area contributed by atoms with Gasteiger partial charge in [-0.15, -0.1) is 0 Å². The van der Waals surface area contributed by atoms with Gasteiger partial charge in [-0.05, 0) is 87.5 Å². The Morgan fingerprint density at radius 1 is 0.871 bits per heavy atom. The van der Waals surface area contributed by atoms with Gasteiger partial charge in [0.2, 0.25) is 0 Å². The van der Waals surface area contributed by atoms with Crippen LogP contribution < -0.4 is 0 Å². The molecule has 0 N–H and O–H groups in total. The second-order valence-corrected chi connectivity index (χ2v) is 11.2. The van der Waals surface area contributed by atoms with E-state index in [-0.39, 0.29) is 42.2 Å². The van der Waals surface area contributed by atoms with E-state index in [1.807, 2.05) is 0 Å². The largest absolute Gasteiger partial charge is 0.367 e. The topological polar surface area (TPSA) is 9.23 Å². The molecule has 1 atom stereocenters. The number of ether oxygens (including phenoxy) is 1. The van der Waals surface area contributed by atoms with E-state index < -0.39 is 46.8 Å². The third-order valence-corrected chi connectivity index (χ3v) is 9.88. The zero-order valence-electron chi connectivity index (χ0n) is 18.3. The maximum atomic E-state index is 15.9. The lowest BCUT2D eigenvalue weighted by atomic mass is 9.38. The van der Waals surface area contributed by atoms with Crippen LogP contribution in [0.4, 0.5) is 22.0 Å². The van der Waals surface area contributed by atoms with Gasteiger partial charge in [0.25, 0.3) is 5.92 Å². The van der Waals surface area contributed by atoms with Crippen molar-refractivity contribution in [1.29, 1.82) is 0 Å². The maximum absolute atomic E-state index is 15.9. The molecule has 1 aromatic rings. The first-order valence-corrected chi connectivity index (χ1v) is 11.6. The molecule has 6 heteroatoms. The van der Waals surface area contributed by atoms with Crippen molar-refractivity contribution in [3.63, 3.8) is 0 Å². The zero-order chi connectivity index (χ0) is 22.3.